The van der Waals surface area contributed by atoms with Gasteiger partial charge in [-0.1, -0.05) is 0 Å². The summed E-state index contributed by atoms with van der Waals surface area (Å²) in [7, 11) is 0. The van der Waals surface area contributed by atoms with E-state index in [2.05, 4.69) is 0 Å². The van der Waals surface area contributed by atoms with Crippen molar-refractivity contribution in [2.75, 3.05) is 19.8 Å². The first kappa shape index (κ1) is 45.6. The minimum atomic E-state index is -2.31. The quantitative estimate of drug-likeness (QED) is 0.0702. The third-order valence-electron chi connectivity index (χ3n) is 4.49. The first-order chi connectivity index (χ1) is 17.7. The summed E-state index contributed by atoms with van der Waals surface area (Å²) >= 11 is 0. The van der Waals surface area contributed by atoms with Gasteiger partial charge in [-0.15, -0.1) is 0 Å². The Kier molecular flexibility index (Phi) is 26.5. The first-order valence-electron chi connectivity index (χ1n) is 10.4. The number of hydrogen-bond acceptors (Lipinski definition) is 21. The summed E-state index contributed by atoms with van der Waals surface area (Å²) in [5.74, 6) is -5.93. The molecule has 0 rings (SSSR count). The molecule has 12 atom stereocenters. The molecule has 0 aliphatic heterocycles. The Morgan fingerprint density at radius 3 is 0.650 bits per heavy atom. The summed E-state index contributed by atoms with van der Waals surface area (Å²) in [6.45, 7) is -2.59. The second kappa shape index (κ2) is 23.2. The Morgan fingerprint density at radius 1 is 0.400 bits per heavy atom. The van der Waals surface area contributed by atoms with E-state index in [0.717, 1.165) is 0 Å². The third-order valence-corrected chi connectivity index (χ3v) is 4.49. The zero-order valence-electron chi connectivity index (χ0n) is 20.2. The molecule has 40 heavy (non-hydrogen) atoms. The third kappa shape index (κ3) is 16.8. The molecule has 2 radical (unpaired) electrons. The fourth-order valence-corrected chi connectivity index (χ4v) is 1.99. The molecule has 236 valence electrons. The summed E-state index contributed by atoms with van der Waals surface area (Å²) in [5.41, 5.74) is 0. The molecule has 15 N–H and O–H groups in total. The molecule has 0 spiro atoms. The van der Waals surface area contributed by atoms with Crippen LogP contribution in [0.1, 0.15) is 0 Å². The molecule has 21 nitrogen and oxygen atoms in total. The smallest absolute Gasteiger partial charge is 0.547 e. The number of carbonyl (C=O) groups excluding carboxylic acids is 3. The largest absolute Gasteiger partial charge is 3.00 e. The van der Waals surface area contributed by atoms with Crippen molar-refractivity contribution >= 4 is 42.3 Å². The van der Waals surface area contributed by atoms with Crippen LogP contribution in [0.5, 0.6) is 0 Å². The molecule has 0 bridgehead atoms. The zero-order valence-corrected chi connectivity index (χ0v) is 22.7. The predicted molar refractivity (Wildman–Crippen MR) is 114 cm³/mol. The van der Waals surface area contributed by atoms with Gasteiger partial charge in [0.1, 0.15) is 73.2 Å². The van der Waals surface area contributed by atoms with Gasteiger partial charge in [0.05, 0.1) is 37.7 Å². The van der Waals surface area contributed by atoms with Crippen molar-refractivity contribution in [2.45, 2.75) is 73.2 Å². The molecule has 0 amide bonds. The molecule has 0 saturated carbocycles. The van der Waals surface area contributed by atoms with Crippen LogP contribution in [0.25, 0.3) is 0 Å². The molecule has 22 heteroatoms. The number of aliphatic hydroxyl groups excluding tert-OH is 15. The van der Waals surface area contributed by atoms with Gasteiger partial charge in [0.25, 0.3) is 0 Å². The van der Waals surface area contributed by atoms with Gasteiger partial charge in [0, 0.05) is 0 Å². The van der Waals surface area contributed by atoms with Gasteiger partial charge in [0.15, 0.2) is 0 Å². The van der Waals surface area contributed by atoms with Gasteiger partial charge < -0.3 is 106 Å². The number of aliphatic hydroxyl groups is 15. The van der Waals surface area contributed by atoms with E-state index in [1.165, 1.54) is 0 Å². The van der Waals surface area contributed by atoms with Crippen LogP contribution < -0.4 is 15.3 Å². The summed E-state index contributed by atoms with van der Waals surface area (Å²) in [5, 5.41) is 160. The van der Waals surface area contributed by atoms with E-state index in [0.29, 0.717) is 0 Å². The van der Waals surface area contributed by atoms with Crippen molar-refractivity contribution < 1.29 is 106 Å². The van der Waals surface area contributed by atoms with Gasteiger partial charge in [-0.3, -0.25) is 0 Å². The van der Waals surface area contributed by atoms with Crippen LogP contribution >= 0.6 is 0 Å². The summed E-state index contributed by atoms with van der Waals surface area (Å²) in [4.78, 5) is 29.9. The maximum absolute atomic E-state index is 9.98. The van der Waals surface area contributed by atoms with Gasteiger partial charge in [-0.25, -0.2) is 0 Å². The summed E-state index contributed by atoms with van der Waals surface area (Å²) < 4.78 is 0. The average molecular weight is 707 g/mol. The number of carboxylic acid groups (broad SMARTS) is 3. The Hall–Kier alpha value is -1.37. The number of carboxylic acids is 3. The number of carbonyl (C=O) groups is 3. The molecule has 0 unspecified atom stereocenters. The maximum Gasteiger partial charge on any atom is 3.00 e. The molecule has 0 fully saturated rings. The van der Waals surface area contributed by atoms with Crippen molar-refractivity contribution in [1.29, 1.82) is 0 Å². The van der Waals surface area contributed by atoms with Crippen molar-refractivity contribution in [2.24, 2.45) is 0 Å². The molecule has 0 aromatic rings. The molecular formula is C18H33O21Sb. The van der Waals surface area contributed by atoms with Crippen molar-refractivity contribution in [3.63, 3.8) is 0 Å². The van der Waals surface area contributed by atoms with E-state index in [9.17, 15) is 29.7 Å². The second-order valence-electron chi connectivity index (χ2n) is 7.48. The van der Waals surface area contributed by atoms with Crippen LogP contribution in [0.4, 0.5) is 0 Å². The molecule has 0 aromatic heterocycles. The van der Waals surface area contributed by atoms with Crippen molar-refractivity contribution in [1.82, 2.24) is 0 Å². The van der Waals surface area contributed by atoms with Crippen molar-refractivity contribution in [3.05, 3.63) is 0 Å². The van der Waals surface area contributed by atoms with E-state index in [4.69, 9.17) is 76.6 Å². The number of hydrogen-bond donors (Lipinski definition) is 15. The monoisotopic (exact) mass is 706 g/mol. The molecule has 0 aliphatic carbocycles. The molecule has 0 aliphatic rings. The van der Waals surface area contributed by atoms with Gasteiger partial charge in [-0.2, -0.15) is 0 Å². The van der Waals surface area contributed by atoms with Crippen LogP contribution in [0, 0.1) is 0 Å². The van der Waals surface area contributed by atoms with Crippen molar-refractivity contribution in [3.8, 4) is 0 Å². The summed E-state index contributed by atoms with van der Waals surface area (Å²) in [6.07, 6.45) is -24.2. The normalized spacial score (nSPS) is 19.9. The van der Waals surface area contributed by atoms with Gasteiger partial charge in [0.2, 0.25) is 0 Å². The van der Waals surface area contributed by atoms with E-state index in [1.54, 1.807) is 0 Å². The first-order valence-corrected chi connectivity index (χ1v) is 10.4. The maximum atomic E-state index is 9.98. The second-order valence-corrected chi connectivity index (χ2v) is 7.48. The Morgan fingerprint density at radius 2 is 0.550 bits per heavy atom. The fraction of sp³-hybridized carbons (Fsp3) is 0.833. The molecule has 0 saturated heterocycles. The SMILES string of the molecule is O=C([O-])[C@H](O)[C@@H](O)[C@H](O)[C@H](O)CO.O=C([O-])[C@H](O)[C@@H](O)[C@H](O)[C@H](O)CO.O=C([O-])[C@H](O)[C@@H](O)[C@H](O)[C@H](O)CO.[Sb+3]. The summed E-state index contributed by atoms with van der Waals surface area (Å²) in [6, 6.07) is 0. The Balaban J connectivity index is -0.000000240. The van der Waals surface area contributed by atoms with Crippen LogP contribution in [-0.2, 0) is 14.4 Å². The number of aliphatic carboxylic acids is 3. The minimum absolute atomic E-state index is 0. The van der Waals surface area contributed by atoms with Crippen LogP contribution in [0.2, 0.25) is 0 Å². The zero-order chi connectivity index (χ0) is 31.8. The van der Waals surface area contributed by atoms with E-state index in [-0.39, 0.29) is 24.4 Å². The standard InChI is InChI=1S/3C6H12O7.Sb/c3*7-1-2(8)3(9)4(10)5(11)6(12)13;/h3*2-5,7-11H,1H2,(H,12,13);/q;;;+3/p-3/t3*2-,3-,4+,5-;/m111./s1. The minimum Gasteiger partial charge on any atom is -0.547 e. The van der Waals surface area contributed by atoms with E-state index < -0.39 is 111 Å². The van der Waals surface area contributed by atoms with Gasteiger partial charge >= 0.3 is 24.4 Å². The van der Waals surface area contributed by atoms with E-state index >= 15 is 0 Å². The topological polar surface area (TPSA) is 424 Å². The molecular weight excluding hydrogens is 674 g/mol. The van der Waals surface area contributed by atoms with Crippen LogP contribution in [0.15, 0.2) is 0 Å². The molecule has 0 heterocycles. The average Bonchev–Trinajstić information content (AvgIpc) is 2.92. The predicted octanol–water partition coefficient (Wildman–Crippen LogP) is -14.9. The van der Waals surface area contributed by atoms with Crippen LogP contribution in [0.3, 0.4) is 0 Å². The number of rotatable bonds is 15. The fourth-order valence-electron chi connectivity index (χ4n) is 1.99. The van der Waals surface area contributed by atoms with Gasteiger partial charge in [-0.05, 0) is 0 Å². The molecule has 0 aromatic carbocycles. The Bertz CT molecular complexity index is 608. The van der Waals surface area contributed by atoms with Crippen LogP contribution in [-0.4, -0.2) is 212 Å². The Labute approximate surface area is 241 Å². The van der Waals surface area contributed by atoms with E-state index in [1.807, 2.05) is 0 Å².